The largest absolute Gasteiger partial charge is 0.493 e. The third-order valence-corrected chi connectivity index (χ3v) is 4.86. The molecule has 8 nitrogen and oxygen atoms in total. The van der Waals surface area contributed by atoms with Gasteiger partial charge in [-0.2, -0.15) is 0 Å². The van der Waals surface area contributed by atoms with Crippen LogP contribution in [-0.4, -0.2) is 50.7 Å². The molecule has 0 spiro atoms. The molecule has 168 valence electrons. The van der Waals surface area contributed by atoms with Crippen LogP contribution in [0.15, 0.2) is 53.8 Å². The van der Waals surface area contributed by atoms with Gasteiger partial charge in [-0.1, -0.05) is 11.6 Å². The summed E-state index contributed by atoms with van der Waals surface area (Å²) in [5.41, 5.74) is 1.22. The van der Waals surface area contributed by atoms with E-state index < -0.39 is 0 Å². The molecule has 2 heterocycles. The fourth-order valence-electron chi connectivity index (χ4n) is 2.73. The van der Waals surface area contributed by atoms with Gasteiger partial charge in [-0.3, -0.25) is 4.79 Å². The van der Waals surface area contributed by atoms with Gasteiger partial charge in [0.05, 0.1) is 36.0 Å². The zero-order valence-electron chi connectivity index (χ0n) is 17.1. The Kier molecular flexibility index (Phi) is 9.03. The first-order valence-corrected chi connectivity index (χ1v) is 10.8. The number of hydrogen-bond donors (Lipinski definition) is 2. The van der Waals surface area contributed by atoms with Crippen molar-refractivity contribution >= 4 is 45.0 Å². The molecule has 0 saturated carbocycles. The third kappa shape index (κ3) is 6.53. The quantitative estimate of drug-likeness (QED) is 0.224. The van der Waals surface area contributed by atoms with Crippen LogP contribution in [0.2, 0.25) is 5.15 Å². The summed E-state index contributed by atoms with van der Waals surface area (Å²) in [5, 5.41) is 10.4. The molecule has 0 bridgehead atoms. The Morgan fingerprint density at radius 1 is 0.906 bits per heavy atom. The number of rotatable bonds is 8. The normalized spacial score (nSPS) is 10.6. The molecular formula is C22H22Cl2N4O4. The molecule has 0 aliphatic heterocycles. The second-order valence-corrected chi connectivity index (χ2v) is 7.31. The van der Waals surface area contributed by atoms with Gasteiger partial charge in [-0.15, -0.1) is 11.6 Å². The first-order valence-electron chi connectivity index (χ1n) is 9.92. The Morgan fingerprint density at radius 2 is 1.56 bits per heavy atom. The zero-order valence-corrected chi connectivity index (χ0v) is 18.6. The molecule has 0 unspecified atom stereocenters. The summed E-state index contributed by atoms with van der Waals surface area (Å²) in [6, 6.07) is 10.7. The molecule has 0 fully saturated rings. The molecular weight excluding hydrogens is 455 g/mol. The first-order chi connectivity index (χ1) is 15.6. The van der Waals surface area contributed by atoms with Gasteiger partial charge < -0.3 is 19.6 Å². The van der Waals surface area contributed by atoms with E-state index in [9.17, 15) is 4.79 Å². The molecule has 4 rings (SSSR count). The molecule has 0 aliphatic carbocycles. The highest BCUT2D eigenvalue weighted by Gasteiger charge is 2.03. The van der Waals surface area contributed by atoms with E-state index in [1.54, 1.807) is 18.2 Å². The van der Waals surface area contributed by atoms with E-state index in [1.807, 2.05) is 18.2 Å². The number of hydrogen-bond acceptors (Lipinski definition) is 7. The minimum atomic E-state index is -0.160. The van der Waals surface area contributed by atoms with E-state index in [0.29, 0.717) is 47.3 Å². The Morgan fingerprint density at radius 3 is 2.25 bits per heavy atom. The number of aliphatic hydroxyl groups excluding tert-OH is 1. The van der Waals surface area contributed by atoms with Gasteiger partial charge in [0, 0.05) is 36.4 Å². The van der Waals surface area contributed by atoms with Crippen LogP contribution in [0.5, 0.6) is 11.5 Å². The maximum atomic E-state index is 11.4. The second-order valence-electron chi connectivity index (χ2n) is 6.57. The fraction of sp³-hybridized carbons (Fsp3) is 0.273. The van der Waals surface area contributed by atoms with Crippen LogP contribution in [0.1, 0.15) is 12.8 Å². The molecule has 2 aromatic heterocycles. The minimum absolute atomic E-state index is 0.103. The van der Waals surface area contributed by atoms with Crippen molar-refractivity contribution < 1.29 is 14.6 Å². The van der Waals surface area contributed by atoms with Crippen molar-refractivity contribution in [2.24, 2.45) is 0 Å². The number of H-pyrrole nitrogens is 1. The van der Waals surface area contributed by atoms with Crippen LogP contribution in [0.25, 0.3) is 21.8 Å². The molecule has 10 heteroatoms. The molecule has 2 N–H and O–H groups in total. The van der Waals surface area contributed by atoms with Gasteiger partial charge in [0.1, 0.15) is 23.0 Å². The molecule has 0 aliphatic rings. The van der Waals surface area contributed by atoms with Crippen molar-refractivity contribution in [3.05, 3.63) is 64.6 Å². The van der Waals surface area contributed by atoms with Gasteiger partial charge >= 0.3 is 0 Å². The monoisotopic (exact) mass is 476 g/mol. The Balaban J connectivity index is 0.000000181. The summed E-state index contributed by atoms with van der Waals surface area (Å²) in [5.74, 6) is 2.02. The molecule has 0 atom stereocenters. The van der Waals surface area contributed by atoms with Crippen molar-refractivity contribution in [2.45, 2.75) is 12.8 Å². The molecule has 4 aromatic rings. The number of ether oxygens (including phenoxy) is 2. The highest BCUT2D eigenvalue weighted by atomic mass is 35.5. The number of fused-ring (bicyclic) bond motifs is 2. The molecule has 0 saturated heterocycles. The average Bonchev–Trinajstić information content (AvgIpc) is 2.80. The summed E-state index contributed by atoms with van der Waals surface area (Å²) in [6.07, 6.45) is 4.21. The first kappa shape index (κ1) is 23.7. The lowest BCUT2D eigenvalue weighted by molar-refractivity contribution is 0.233. The Hall–Kier alpha value is -2.94. The maximum absolute atomic E-state index is 11.4. The van der Waals surface area contributed by atoms with Crippen LogP contribution in [0.4, 0.5) is 0 Å². The van der Waals surface area contributed by atoms with E-state index in [2.05, 4.69) is 19.9 Å². The van der Waals surface area contributed by atoms with Crippen molar-refractivity contribution in [3.8, 4) is 11.5 Å². The van der Waals surface area contributed by atoms with E-state index >= 15 is 0 Å². The molecule has 0 amide bonds. The SMILES string of the molecule is ClCCCOc1ccc2c(Cl)ncnc2c1.O=c1[nH]cnc2cc(OCCCO)ccc12. The van der Waals surface area contributed by atoms with E-state index in [4.69, 9.17) is 37.8 Å². The van der Waals surface area contributed by atoms with Gasteiger partial charge in [-0.25, -0.2) is 15.0 Å². The Bertz CT molecular complexity index is 1220. The molecule has 2 aromatic carbocycles. The van der Waals surface area contributed by atoms with Crippen LogP contribution >= 0.6 is 23.2 Å². The number of benzene rings is 2. The lowest BCUT2D eigenvalue weighted by atomic mass is 10.2. The van der Waals surface area contributed by atoms with Gasteiger partial charge in [-0.05, 0) is 30.7 Å². The predicted molar refractivity (Wildman–Crippen MR) is 125 cm³/mol. The van der Waals surface area contributed by atoms with Crippen LogP contribution < -0.4 is 15.0 Å². The predicted octanol–water partition coefficient (Wildman–Crippen LogP) is 3.98. The summed E-state index contributed by atoms with van der Waals surface area (Å²) in [4.78, 5) is 26.0. The van der Waals surface area contributed by atoms with Crippen molar-refractivity contribution in [2.75, 3.05) is 25.7 Å². The van der Waals surface area contributed by atoms with Crippen molar-refractivity contribution in [3.63, 3.8) is 0 Å². The number of nitrogens with zero attached hydrogens (tertiary/aromatic N) is 3. The van der Waals surface area contributed by atoms with Crippen LogP contribution in [-0.2, 0) is 0 Å². The third-order valence-electron chi connectivity index (χ3n) is 4.29. The lowest BCUT2D eigenvalue weighted by Crippen LogP contribution is -2.06. The summed E-state index contributed by atoms with van der Waals surface area (Å²) in [6.45, 7) is 1.16. The summed E-state index contributed by atoms with van der Waals surface area (Å²) in [7, 11) is 0. The highest BCUT2D eigenvalue weighted by Crippen LogP contribution is 2.23. The maximum Gasteiger partial charge on any atom is 0.258 e. The van der Waals surface area contributed by atoms with Crippen molar-refractivity contribution in [1.29, 1.82) is 0 Å². The average molecular weight is 477 g/mol. The summed E-state index contributed by atoms with van der Waals surface area (Å²) < 4.78 is 10.9. The van der Waals surface area contributed by atoms with Crippen LogP contribution in [0, 0.1) is 0 Å². The Labute approximate surface area is 194 Å². The number of alkyl halides is 1. The smallest absolute Gasteiger partial charge is 0.258 e. The van der Waals surface area contributed by atoms with Gasteiger partial charge in [0.2, 0.25) is 0 Å². The number of nitrogens with one attached hydrogen (secondary N) is 1. The van der Waals surface area contributed by atoms with Crippen LogP contribution in [0.3, 0.4) is 0 Å². The van der Waals surface area contributed by atoms with E-state index in [-0.39, 0.29) is 12.2 Å². The number of aliphatic hydroxyl groups is 1. The lowest BCUT2D eigenvalue weighted by Gasteiger charge is -2.05. The number of aromatic nitrogens is 4. The molecule has 32 heavy (non-hydrogen) atoms. The minimum Gasteiger partial charge on any atom is -0.493 e. The fourth-order valence-corrected chi connectivity index (χ4v) is 3.04. The number of aromatic amines is 1. The summed E-state index contributed by atoms with van der Waals surface area (Å²) >= 11 is 11.5. The number of halogens is 2. The standard InChI is InChI=1S/C11H10Cl2N2O.C11H12N2O3/c12-4-1-5-16-8-2-3-9-10(6-8)14-7-15-11(9)13;14-4-1-5-16-8-2-3-9-10(6-8)12-7-13-11(9)15/h2-3,6-7H,1,4-5H2;2-3,6-7,14H,1,4-5H2,(H,12,13,15). The van der Waals surface area contributed by atoms with E-state index in [1.165, 1.54) is 12.7 Å². The zero-order chi connectivity index (χ0) is 22.8. The van der Waals surface area contributed by atoms with Gasteiger partial charge in [0.25, 0.3) is 5.56 Å². The van der Waals surface area contributed by atoms with E-state index in [0.717, 1.165) is 23.1 Å². The molecule has 0 radical (unpaired) electrons. The highest BCUT2D eigenvalue weighted by molar-refractivity contribution is 6.34. The van der Waals surface area contributed by atoms with Gasteiger partial charge in [0.15, 0.2) is 0 Å². The van der Waals surface area contributed by atoms with Crippen molar-refractivity contribution in [1.82, 2.24) is 19.9 Å². The second kappa shape index (κ2) is 12.2. The topological polar surface area (TPSA) is 110 Å².